The molecular formula is C55H66N12O7. The quantitative estimate of drug-likeness (QED) is 0.0880. The first kappa shape index (κ1) is 49.0. The number of nitrogens with zero attached hydrogens (tertiary/aromatic N) is 10. The summed E-state index contributed by atoms with van der Waals surface area (Å²) in [6.45, 7) is 10.9. The number of phenolic OH excluding ortho intramolecular Hbond substituents is 1. The van der Waals surface area contributed by atoms with E-state index in [-0.39, 0.29) is 72.9 Å². The molecule has 74 heavy (non-hydrogen) atoms. The van der Waals surface area contributed by atoms with Crippen LogP contribution in [0.3, 0.4) is 0 Å². The average molecular weight is 1010 g/mol. The van der Waals surface area contributed by atoms with Gasteiger partial charge in [-0.2, -0.15) is 0 Å². The number of amides is 2. The molecule has 2 bridgehead atoms. The van der Waals surface area contributed by atoms with Crippen LogP contribution in [-0.4, -0.2) is 132 Å². The minimum absolute atomic E-state index is 0.0284. The second-order valence-corrected chi connectivity index (χ2v) is 21.1. The number of likely N-dealkylation sites (tertiary alicyclic amines) is 1. The Bertz CT molecular complexity index is 2940. The second kappa shape index (κ2) is 20.6. The predicted molar refractivity (Wildman–Crippen MR) is 278 cm³/mol. The molecule has 1 unspecified atom stereocenters. The molecule has 4 saturated heterocycles. The largest absolute Gasteiger partial charge is 0.507 e. The number of aryl methyl sites for hydroxylation is 1. The van der Waals surface area contributed by atoms with Crippen LogP contribution in [0.2, 0.25) is 0 Å². The smallest absolute Gasteiger partial charge is 0.243 e. The number of aliphatic hydroxyl groups excluding tert-OH is 1. The predicted octanol–water partition coefficient (Wildman–Crippen LogP) is 6.34. The van der Waals surface area contributed by atoms with Crippen LogP contribution in [0.5, 0.6) is 11.6 Å². The molecule has 19 heteroatoms. The summed E-state index contributed by atoms with van der Waals surface area (Å²) < 4.78 is 20.9. The van der Waals surface area contributed by atoms with E-state index in [0.29, 0.717) is 34.5 Å². The van der Waals surface area contributed by atoms with Crippen LogP contribution in [0, 0.1) is 12.8 Å². The Morgan fingerprint density at radius 2 is 1.58 bits per heavy atom. The Morgan fingerprint density at radius 1 is 0.824 bits per heavy atom. The van der Waals surface area contributed by atoms with E-state index in [1.807, 2.05) is 93.2 Å². The highest BCUT2D eigenvalue weighted by molar-refractivity contribution is 5.91. The van der Waals surface area contributed by atoms with Crippen LogP contribution >= 0.6 is 0 Å². The minimum Gasteiger partial charge on any atom is -0.507 e. The number of pyridine rings is 1. The van der Waals surface area contributed by atoms with Gasteiger partial charge >= 0.3 is 0 Å². The number of β-amino-alcohol motifs (C(OH)–C–C–N with tert-alkyl or cyclic N) is 1. The van der Waals surface area contributed by atoms with E-state index >= 15 is 0 Å². The molecule has 2 aromatic carbocycles. The van der Waals surface area contributed by atoms with E-state index < -0.39 is 18.1 Å². The molecule has 5 aliphatic rings. The third-order valence-corrected chi connectivity index (χ3v) is 15.8. The molecule has 5 N–H and O–H groups in total. The number of hydrogen-bond acceptors (Lipinski definition) is 16. The number of piperazine rings is 1. The van der Waals surface area contributed by atoms with Gasteiger partial charge in [0.2, 0.25) is 17.7 Å². The highest BCUT2D eigenvalue weighted by Crippen LogP contribution is 2.41. The van der Waals surface area contributed by atoms with Gasteiger partial charge < -0.3 is 59.4 Å². The number of nitrogens with one attached hydrogen (secondary N) is 1. The van der Waals surface area contributed by atoms with Crippen LogP contribution in [0.15, 0.2) is 95.9 Å². The fraction of sp³-hybridized carbons (Fsp3) is 0.473. The van der Waals surface area contributed by atoms with E-state index in [4.69, 9.17) is 19.7 Å². The van der Waals surface area contributed by atoms with Gasteiger partial charge in [-0.3, -0.25) is 9.59 Å². The molecule has 4 aromatic heterocycles. The maximum atomic E-state index is 14.4. The van der Waals surface area contributed by atoms with E-state index in [1.165, 1.54) is 4.90 Å². The van der Waals surface area contributed by atoms with Gasteiger partial charge in [0.05, 0.1) is 35.7 Å². The maximum Gasteiger partial charge on any atom is 0.243 e. The first-order valence-corrected chi connectivity index (χ1v) is 26.2. The second-order valence-electron chi connectivity index (χ2n) is 21.1. The number of aliphatic hydroxyl groups is 1. The summed E-state index contributed by atoms with van der Waals surface area (Å²) in [4.78, 5) is 45.6. The fourth-order valence-electron chi connectivity index (χ4n) is 11.8. The van der Waals surface area contributed by atoms with E-state index in [1.54, 1.807) is 18.3 Å². The lowest BCUT2D eigenvalue weighted by atomic mass is 9.91. The molecule has 6 atom stereocenters. The topological polar surface area (TPSA) is 227 Å². The maximum absolute atomic E-state index is 14.4. The Hall–Kier alpha value is -7.25. The molecule has 8 heterocycles. The summed E-state index contributed by atoms with van der Waals surface area (Å²) in [7, 11) is 0. The monoisotopic (exact) mass is 1010 g/mol. The molecule has 19 nitrogen and oxygen atoms in total. The van der Waals surface area contributed by atoms with Gasteiger partial charge in [-0.15, -0.1) is 10.2 Å². The van der Waals surface area contributed by atoms with Crippen molar-refractivity contribution in [3.8, 4) is 28.6 Å². The number of ether oxygens (including phenoxy) is 2. The van der Waals surface area contributed by atoms with E-state index in [0.717, 1.165) is 93.2 Å². The van der Waals surface area contributed by atoms with Gasteiger partial charge in [-0.05, 0) is 87.4 Å². The zero-order chi connectivity index (χ0) is 51.2. The number of para-hydroxylation sites is 1. The van der Waals surface area contributed by atoms with Gasteiger partial charge in [0.1, 0.15) is 29.6 Å². The van der Waals surface area contributed by atoms with Gasteiger partial charge in [0, 0.05) is 112 Å². The molecule has 6 aromatic rings. The van der Waals surface area contributed by atoms with Gasteiger partial charge in [0.25, 0.3) is 0 Å². The lowest BCUT2D eigenvalue weighted by Gasteiger charge is -2.43. The standard InChI is InChI=1S/C55H66N12O7/c1-32(2)52(55(71)66-31-40(68)24-47(66)54(70)59-33(3)35-9-11-36(12-10-35)65-22-19-57-34(65)4)49-28-50(62-74-49)63-20-16-41(17-21-63)72-42-25-43(26-42)73-51-23-37(15-18-58-51)67-38-13-14-39(67)30-64(29-38)46-27-45(60-61-53(46)56)44-7-5-6-8-48(44)69/h5-12,15,18-19,22-23,27-28,32-33,38-43,47,52,68-69H,13-14,16-17,20-21,24-26,29-31H2,1-4H3,(H2,56,61)(H,59,70)/t33-,38+,39?,40+,42?,43?,47-,52+/m0/s1. The van der Waals surface area contributed by atoms with Crippen molar-refractivity contribution in [3.63, 3.8) is 0 Å². The number of anilines is 4. The van der Waals surface area contributed by atoms with Gasteiger partial charge in [0.15, 0.2) is 17.4 Å². The highest BCUT2D eigenvalue weighted by Gasteiger charge is 2.45. The van der Waals surface area contributed by atoms with Crippen LogP contribution in [-0.2, 0) is 14.3 Å². The van der Waals surface area contributed by atoms with Gasteiger partial charge in [-0.25, -0.2) is 9.97 Å². The number of rotatable bonds is 15. The first-order valence-electron chi connectivity index (χ1n) is 26.2. The van der Waals surface area contributed by atoms with Crippen LogP contribution < -0.4 is 30.5 Å². The molecule has 5 fully saturated rings. The number of hydrogen-bond donors (Lipinski definition) is 4. The first-order chi connectivity index (χ1) is 35.8. The Labute approximate surface area is 430 Å². The molecule has 0 spiro atoms. The molecule has 11 rings (SSSR count). The van der Waals surface area contributed by atoms with Crippen LogP contribution in [0.25, 0.3) is 16.9 Å². The lowest BCUT2D eigenvalue weighted by molar-refractivity contribution is -0.141. The number of phenols is 1. The number of imidazole rings is 1. The summed E-state index contributed by atoms with van der Waals surface area (Å²) in [6.07, 6.45) is 10.5. The average Bonchev–Trinajstić information content (AvgIpc) is 4.20. The summed E-state index contributed by atoms with van der Waals surface area (Å²) >= 11 is 0. The molecule has 4 aliphatic heterocycles. The molecular weight excluding hydrogens is 941 g/mol. The normalized spacial score (nSPS) is 23.8. The van der Waals surface area contributed by atoms with E-state index in [9.17, 15) is 19.8 Å². The van der Waals surface area contributed by atoms with E-state index in [2.05, 4.69) is 57.5 Å². The summed E-state index contributed by atoms with van der Waals surface area (Å²) in [6, 6.07) is 22.4. The van der Waals surface area contributed by atoms with Crippen LogP contribution in [0.4, 0.5) is 23.0 Å². The third kappa shape index (κ3) is 9.93. The molecule has 1 aliphatic carbocycles. The number of nitrogen functional groups attached to an aromatic ring is 1. The van der Waals surface area contributed by atoms with Gasteiger partial charge in [-0.1, -0.05) is 43.3 Å². The third-order valence-electron chi connectivity index (χ3n) is 15.8. The molecule has 1 saturated carbocycles. The number of aromatic nitrogens is 6. The zero-order valence-electron chi connectivity index (χ0n) is 42.4. The number of aromatic hydroxyl groups is 1. The number of fused-ring (bicyclic) bond motifs is 2. The summed E-state index contributed by atoms with van der Waals surface area (Å²) in [5.41, 5.74) is 11.4. The highest BCUT2D eigenvalue weighted by atomic mass is 16.5. The van der Waals surface area contributed by atoms with Crippen molar-refractivity contribution < 1.29 is 33.8 Å². The van der Waals surface area contributed by atoms with Crippen molar-refractivity contribution in [2.24, 2.45) is 5.92 Å². The van der Waals surface area contributed by atoms with Crippen molar-refractivity contribution >= 4 is 34.8 Å². The zero-order valence-corrected chi connectivity index (χ0v) is 42.4. The molecule has 0 radical (unpaired) electrons. The Balaban J connectivity index is 0.642. The minimum atomic E-state index is -0.822. The number of piperidine rings is 1. The Morgan fingerprint density at radius 3 is 2.30 bits per heavy atom. The molecule has 2 amide bonds. The number of nitrogens with two attached hydrogens (primary N) is 1. The number of benzene rings is 2. The summed E-state index contributed by atoms with van der Waals surface area (Å²) in [5, 5.41) is 37.3. The number of carbonyl (C=O) groups is 2. The van der Waals surface area contributed by atoms with Crippen molar-refractivity contribution in [3.05, 3.63) is 109 Å². The van der Waals surface area contributed by atoms with Crippen LogP contribution in [0.1, 0.15) is 94.8 Å². The Kier molecular flexibility index (Phi) is 13.6. The van der Waals surface area contributed by atoms with Crippen molar-refractivity contribution in [2.75, 3.05) is 53.2 Å². The van der Waals surface area contributed by atoms with Crippen molar-refractivity contribution in [2.45, 2.75) is 127 Å². The van der Waals surface area contributed by atoms with Crippen molar-refractivity contribution in [1.29, 1.82) is 0 Å². The lowest BCUT2D eigenvalue weighted by Crippen LogP contribution is -2.54. The molecule has 388 valence electrons. The fourth-order valence-corrected chi connectivity index (χ4v) is 11.8. The summed E-state index contributed by atoms with van der Waals surface area (Å²) in [5.74, 6) is 1.74. The number of carbonyl (C=O) groups excluding carboxylic acids is 2. The SMILES string of the molecule is Cc1nccn1-c1ccc([C@H](C)NC(=O)[C@@H]2C[C@@H](O)CN2C(=O)[C@@H](c2cc(N3CCC(OC4CC(Oc5cc(N6C7CC[C@@H]6CN(c6cc(-c8ccccc8O)nnc6N)C7)ccn5)C4)CC3)no2)C(C)C)cc1. The van der Waals surface area contributed by atoms with Crippen molar-refractivity contribution in [1.82, 2.24) is 40.1 Å².